The van der Waals surface area contributed by atoms with Crippen LogP contribution in [0.25, 0.3) is 0 Å². The van der Waals surface area contributed by atoms with Crippen LogP contribution in [0.15, 0.2) is 48.2 Å². The lowest BCUT2D eigenvalue weighted by atomic mass is 9.75. The summed E-state index contributed by atoms with van der Waals surface area (Å²) in [6.45, 7) is 0.896. The molecule has 1 saturated carbocycles. The van der Waals surface area contributed by atoms with E-state index in [1.54, 1.807) is 16.9 Å². The molecule has 0 spiro atoms. The van der Waals surface area contributed by atoms with Crippen LogP contribution in [-0.4, -0.2) is 53.9 Å². The number of ether oxygens (including phenoxy) is 1. The highest BCUT2D eigenvalue weighted by molar-refractivity contribution is 6.03. The van der Waals surface area contributed by atoms with E-state index < -0.39 is 0 Å². The van der Waals surface area contributed by atoms with E-state index in [9.17, 15) is 9.59 Å². The number of benzene rings is 1. The number of allylic oxidation sites excluding steroid dienone is 1. The van der Waals surface area contributed by atoms with E-state index >= 15 is 0 Å². The zero-order valence-corrected chi connectivity index (χ0v) is 17.9. The third-order valence-corrected chi connectivity index (χ3v) is 7.73. The lowest BCUT2D eigenvalue weighted by Gasteiger charge is -2.47. The second-order valence-electron chi connectivity index (χ2n) is 9.63. The zero-order chi connectivity index (χ0) is 21.1. The van der Waals surface area contributed by atoms with Crippen LogP contribution < -0.4 is 10.1 Å². The third-order valence-electron chi connectivity index (χ3n) is 7.73. The summed E-state index contributed by atoms with van der Waals surface area (Å²) in [5.74, 6) is 2.12. The summed E-state index contributed by atoms with van der Waals surface area (Å²) in [7, 11) is 1.66. The smallest absolute Gasteiger partial charge is 0.270 e. The van der Waals surface area contributed by atoms with E-state index in [0.717, 1.165) is 24.2 Å². The maximum absolute atomic E-state index is 13.5. The molecule has 0 bridgehead atoms. The van der Waals surface area contributed by atoms with Crippen molar-refractivity contribution in [3.63, 3.8) is 0 Å². The SMILES string of the molecule is COc1ccc(C2C3NC4C=CCCC4C3C=C3C(=O)N(CC4CC4)CC(=O)N32)cc1. The molecule has 31 heavy (non-hydrogen) atoms. The van der Waals surface area contributed by atoms with Crippen LogP contribution in [0.3, 0.4) is 0 Å². The van der Waals surface area contributed by atoms with Crippen molar-refractivity contribution in [2.75, 3.05) is 20.2 Å². The van der Waals surface area contributed by atoms with Gasteiger partial charge in [-0.2, -0.15) is 0 Å². The molecule has 2 amide bonds. The number of hydrogen-bond acceptors (Lipinski definition) is 4. The molecule has 5 aliphatic rings. The van der Waals surface area contributed by atoms with Crippen LogP contribution in [-0.2, 0) is 9.59 Å². The van der Waals surface area contributed by atoms with Crippen LogP contribution in [0.2, 0.25) is 0 Å². The standard InChI is InChI=1S/C25H29N3O3/c1-31-17-10-8-16(9-11-17)24-23-19(18-4-2-3-5-20(18)26-23)12-21-25(30)27(13-15-6-7-15)14-22(29)28(21)24/h3,5,8-12,15,18-20,23-24,26H,2,4,6-7,13-14H2,1H3. The number of amides is 2. The van der Waals surface area contributed by atoms with Gasteiger partial charge in [0.2, 0.25) is 5.91 Å². The van der Waals surface area contributed by atoms with Crippen molar-refractivity contribution in [3.05, 3.63) is 53.8 Å². The molecule has 0 radical (unpaired) electrons. The number of carbonyl (C=O) groups is 2. The van der Waals surface area contributed by atoms with Crippen molar-refractivity contribution in [1.29, 1.82) is 0 Å². The molecule has 2 saturated heterocycles. The Morgan fingerprint density at radius 1 is 1.13 bits per heavy atom. The van der Waals surface area contributed by atoms with Gasteiger partial charge in [0.1, 0.15) is 18.0 Å². The fraction of sp³-hybridized carbons (Fsp3) is 0.520. The molecule has 0 aromatic heterocycles. The monoisotopic (exact) mass is 419 g/mol. The third kappa shape index (κ3) is 3.11. The lowest BCUT2D eigenvalue weighted by molar-refractivity contribution is -0.148. The van der Waals surface area contributed by atoms with Crippen molar-refractivity contribution in [1.82, 2.24) is 15.1 Å². The zero-order valence-electron chi connectivity index (χ0n) is 17.9. The Morgan fingerprint density at radius 2 is 1.94 bits per heavy atom. The van der Waals surface area contributed by atoms with Crippen LogP contribution >= 0.6 is 0 Å². The Bertz CT molecular complexity index is 965. The minimum Gasteiger partial charge on any atom is -0.497 e. The van der Waals surface area contributed by atoms with Gasteiger partial charge in [-0.1, -0.05) is 24.3 Å². The van der Waals surface area contributed by atoms with Crippen LogP contribution in [0.4, 0.5) is 0 Å². The van der Waals surface area contributed by atoms with Crippen LogP contribution in [0, 0.1) is 17.8 Å². The summed E-state index contributed by atoms with van der Waals surface area (Å²) in [6, 6.07) is 8.18. The molecule has 1 aromatic carbocycles. The molecule has 6 heteroatoms. The Morgan fingerprint density at radius 3 is 2.68 bits per heavy atom. The number of rotatable bonds is 4. The van der Waals surface area contributed by atoms with Gasteiger partial charge in [-0.15, -0.1) is 0 Å². The van der Waals surface area contributed by atoms with Gasteiger partial charge in [-0.25, -0.2) is 0 Å². The van der Waals surface area contributed by atoms with Gasteiger partial charge in [-0.3, -0.25) is 14.5 Å². The Balaban J connectivity index is 1.42. The summed E-state index contributed by atoms with van der Waals surface area (Å²) in [5.41, 5.74) is 1.64. The first kappa shape index (κ1) is 19.1. The van der Waals surface area contributed by atoms with E-state index in [0.29, 0.717) is 30.1 Å². The van der Waals surface area contributed by atoms with E-state index in [1.165, 1.54) is 12.8 Å². The van der Waals surface area contributed by atoms with Crippen molar-refractivity contribution in [3.8, 4) is 5.75 Å². The predicted molar refractivity (Wildman–Crippen MR) is 116 cm³/mol. The lowest BCUT2D eigenvalue weighted by Crippen LogP contribution is -2.59. The number of fused-ring (bicyclic) bond motifs is 4. The molecular formula is C25H29N3O3. The first-order valence-electron chi connectivity index (χ1n) is 11.5. The van der Waals surface area contributed by atoms with Gasteiger partial charge in [-0.05, 0) is 61.3 Å². The maximum Gasteiger partial charge on any atom is 0.270 e. The van der Waals surface area contributed by atoms with Gasteiger partial charge in [0.05, 0.1) is 13.2 Å². The second-order valence-corrected chi connectivity index (χ2v) is 9.63. The molecule has 5 unspecified atom stereocenters. The minimum atomic E-state index is -0.186. The van der Waals surface area contributed by atoms with Crippen molar-refractivity contribution >= 4 is 11.8 Å². The predicted octanol–water partition coefficient (Wildman–Crippen LogP) is 2.64. The fourth-order valence-electron chi connectivity index (χ4n) is 6.02. The molecule has 1 N–H and O–H groups in total. The normalized spacial score (nSPS) is 34.2. The number of methoxy groups -OCH3 is 1. The highest BCUT2D eigenvalue weighted by Crippen LogP contribution is 2.48. The summed E-state index contributed by atoms with van der Waals surface area (Å²) in [4.78, 5) is 30.5. The van der Waals surface area contributed by atoms with Gasteiger partial charge >= 0.3 is 0 Å². The Kier molecular flexibility index (Phi) is 4.46. The second kappa shape index (κ2) is 7.23. The van der Waals surface area contributed by atoms with E-state index in [4.69, 9.17) is 4.74 Å². The first-order chi connectivity index (χ1) is 15.1. The van der Waals surface area contributed by atoms with Gasteiger partial charge < -0.3 is 15.0 Å². The average Bonchev–Trinajstić information content (AvgIpc) is 3.54. The van der Waals surface area contributed by atoms with Crippen molar-refractivity contribution in [2.24, 2.45) is 17.8 Å². The Labute approximate surface area is 182 Å². The number of hydrogen-bond donors (Lipinski definition) is 1. The quantitative estimate of drug-likeness (QED) is 0.763. The topological polar surface area (TPSA) is 61.9 Å². The first-order valence-corrected chi connectivity index (χ1v) is 11.5. The number of carbonyl (C=O) groups excluding carboxylic acids is 2. The molecule has 162 valence electrons. The van der Waals surface area contributed by atoms with Gasteiger partial charge in [0.25, 0.3) is 5.91 Å². The molecule has 1 aromatic rings. The molecule has 6 rings (SSSR count). The van der Waals surface area contributed by atoms with E-state index in [1.807, 2.05) is 24.3 Å². The highest BCUT2D eigenvalue weighted by Gasteiger charge is 2.53. The van der Waals surface area contributed by atoms with Gasteiger partial charge in [0, 0.05) is 24.5 Å². The summed E-state index contributed by atoms with van der Waals surface area (Å²) < 4.78 is 5.34. The maximum atomic E-state index is 13.5. The average molecular weight is 420 g/mol. The van der Waals surface area contributed by atoms with E-state index in [2.05, 4.69) is 23.5 Å². The molecular weight excluding hydrogens is 390 g/mol. The fourth-order valence-corrected chi connectivity index (χ4v) is 6.02. The molecule has 6 nitrogen and oxygen atoms in total. The van der Waals surface area contributed by atoms with Crippen LogP contribution in [0.5, 0.6) is 5.75 Å². The van der Waals surface area contributed by atoms with Crippen molar-refractivity contribution in [2.45, 2.75) is 43.8 Å². The van der Waals surface area contributed by atoms with Crippen molar-refractivity contribution < 1.29 is 14.3 Å². The molecule has 3 fully saturated rings. The number of nitrogens with one attached hydrogen (secondary N) is 1. The summed E-state index contributed by atoms with van der Waals surface area (Å²) >= 11 is 0. The largest absolute Gasteiger partial charge is 0.497 e. The minimum absolute atomic E-state index is 0.0259. The molecule has 3 aliphatic heterocycles. The summed E-state index contributed by atoms with van der Waals surface area (Å²) in [5, 5.41) is 3.81. The molecule has 3 heterocycles. The number of nitrogens with zero attached hydrogens (tertiary/aromatic N) is 2. The van der Waals surface area contributed by atoms with Gasteiger partial charge in [0.15, 0.2) is 0 Å². The number of piperazine rings is 1. The molecule has 5 atom stereocenters. The Hall–Kier alpha value is -2.60. The van der Waals surface area contributed by atoms with Crippen LogP contribution in [0.1, 0.15) is 37.3 Å². The molecule has 2 aliphatic carbocycles. The highest BCUT2D eigenvalue weighted by atomic mass is 16.5. The van der Waals surface area contributed by atoms with E-state index in [-0.39, 0.29) is 36.4 Å². The summed E-state index contributed by atoms with van der Waals surface area (Å²) in [6.07, 6.45) is 11.2.